The number of likely N-dealkylation sites (N-methyl/N-ethyl adjacent to an activating group) is 1. The molecule has 0 spiro atoms. The fraction of sp³-hybridized carbons (Fsp3) is 1.00. The summed E-state index contributed by atoms with van der Waals surface area (Å²) >= 11 is 0. The molecule has 0 unspecified atom stereocenters. The van der Waals surface area contributed by atoms with Crippen molar-refractivity contribution in [3.63, 3.8) is 0 Å². The number of methoxy groups -OCH3 is 1. The lowest BCUT2D eigenvalue weighted by Crippen LogP contribution is -2.63. The van der Waals surface area contributed by atoms with Gasteiger partial charge in [-0.3, -0.25) is 4.90 Å². The van der Waals surface area contributed by atoms with Crippen LogP contribution in [0.2, 0.25) is 0 Å². The summed E-state index contributed by atoms with van der Waals surface area (Å²) in [4.78, 5) is 2.51. The Hall–Kier alpha value is -0.120. The first-order chi connectivity index (χ1) is 7.59. The zero-order chi connectivity index (χ0) is 12.2. The quantitative estimate of drug-likeness (QED) is 0.721. The maximum atomic E-state index is 6.00. The molecule has 0 heterocycles. The van der Waals surface area contributed by atoms with E-state index >= 15 is 0 Å². The van der Waals surface area contributed by atoms with Crippen LogP contribution in [-0.4, -0.2) is 43.8 Å². The zero-order valence-electron chi connectivity index (χ0n) is 11.3. The molecule has 1 aliphatic rings. The third kappa shape index (κ3) is 2.76. The lowest BCUT2D eigenvalue weighted by Gasteiger charge is -2.55. The Labute approximate surface area is 100 Å². The predicted octanol–water partition coefficient (Wildman–Crippen LogP) is 1.72. The van der Waals surface area contributed by atoms with Crippen LogP contribution in [0.25, 0.3) is 0 Å². The fourth-order valence-electron chi connectivity index (χ4n) is 2.87. The normalized spacial score (nSPS) is 29.8. The van der Waals surface area contributed by atoms with Crippen LogP contribution in [0.3, 0.4) is 0 Å². The second-order valence-electron chi connectivity index (χ2n) is 5.41. The van der Waals surface area contributed by atoms with E-state index in [1.165, 1.54) is 12.8 Å². The van der Waals surface area contributed by atoms with E-state index in [4.69, 9.17) is 10.5 Å². The fourth-order valence-corrected chi connectivity index (χ4v) is 2.87. The van der Waals surface area contributed by atoms with Gasteiger partial charge < -0.3 is 10.5 Å². The minimum Gasteiger partial charge on any atom is -0.383 e. The average molecular weight is 228 g/mol. The number of nitrogens with zero attached hydrogens (tertiary/aromatic N) is 1. The number of hydrogen-bond acceptors (Lipinski definition) is 3. The molecule has 1 aliphatic carbocycles. The molecule has 0 aromatic rings. The molecule has 1 rings (SSSR count). The van der Waals surface area contributed by atoms with Gasteiger partial charge in [0, 0.05) is 25.7 Å². The minimum absolute atomic E-state index is 0.266. The van der Waals surface area contributed by atoms with E-state index in [9.17, 15) is 0 Å². The number of rotatable bonds is 7. The minimum atomic E-state index is 0.266. The summed E-state index contributed by atoms with van der Waals surface area (Å²) in [5.74, 6) is 1.65. The smallest absolute Gasteiger partial charge is 0.0589 e. The van der Waals surface area contributed by atoms with Crippen molar-refractivity contribution in [1.29, 1.82) is 0 Å². The summed E-state index contributed by atoms with van der Waals surface area (Å²) in [5.41, 5.74) is 6.26. The molecule has 0 amide bonds. The first kappa shape index (κ1) is 13.9. The molecule has 0 saturated heterocycles. The molecule has 0 aromatic heterocycles. The monoisotopic (exact) mass is 228 g/mol. The molecule has 0 aromatic carbocycles. The van der Waals surface area contributed by atoms with Crippen molar-refractivity contribution >= 4 is 0 Å². The summed E-state index contributed by atoms with van der Waals surface area (Å²) in [6.45, 7) is 10.5. The molecular weight excluding hydrogens is 200 g/mol. The highest BCUT2D eigenvalue weighted by atomic mass is 16.5. The molecule has 2 N–H and O–H groups in total. The molecular formula is C13H28N2O. The molecule has 1 fully saturated rings. The van der Waals surface area contributed by atoms with E-state index in [-0.39, 0.29) is 5.54 Å². The highest BCUT2D eigenvalue weighted by Crippen LogP contribution is 2.45. The molecule has 0 atom stereocenters. The average Bonchev–Trinajstić information content (AvgIpc) is 2.21. The van der Waals surface area contributed by atoms with Crippen LogP contribution in [0.4, 0.5) is 0 Å². The van der Waals surface area contributed by atoms with Crippen LogP contribution in [0, 0.1) is 11.8 Å². The van der Waals surface area contributed by atoms with E-state index in [1.54, 1.807) is 7.11 Å². The van der Waals surface area contributed by atoms with Gasteiger partial charge in [-0.05, 0) is 31.2 Å². The van der Waals surface area contributed by atoms with Gasteiger partial charge in [0.15, 0.2) is 0 Å². The topological polar surface area (TPSA) is 38.5 Å². The lowest BCUT2D eigenvalue weighted by atomic mass is 9.63. The molecule has 0 bridgehead atoms. The van der Waals surface area contributed by atoms with E-state index in [0.717, 1.165) is 38.1 Å². The van der Waals surface area contributed by atoms with Crippen molar-refractivity contribution in [3.05, 3.63) is 0 Å². The molecule has 3 nitrogen and oxygen atoms in total. The highest BCUT2D eigenvalue weighted by Gasteiger charge is 2.47. The van der Waals surface area contributed by atoms with Gasteiger partial charge in [-0.15, -0.1) is 0 Å². The third-order valence-corrected chi connectivity index (χ3v) is 4.22. The zero-order valence-corrected chi connectivity index (χ0v) is 11.3. The lowest BCUT2D eigenvalue weighted by molar-refractivity contribution is -0.0416. The second kappa shape index (κ2) is 5.99. The van der Waals surface area contributed by atoms with Crippen molar-refractivity contribution < 1.29 is 4.74 Å². The van der Waals surface area contributed by atoms with Crippen molar-refractivity contribution in [2.75, 3.05) is 33.4 Å². The Bertz CT molecular complexity index is 200. The third-order valence-electron chi connectivity index (χ3n) is 4.22. The van der Waals surface area contributed by atoms with E-state index in [2.05, 4.69) is 25.7 Å². The number of ether oxygens (including phenoxy) is 1. The van der Waals surface area contributed by atoms with Crippen LogP contribution in [0.1, 0.15) is 33.6 Å². The highest BCUT2D eigenvalue weighted by molar-refractivity contribution is 5.03. The van der Waals surface area contributed by atoms with Crippen molar-refractivity contribution in [1.82, 2.24) is 4.90 Å². The Morgan fingerprint density at radius 2 is 2.06 bits per heavy atom. The maximum Gasteiger partial charge on any atom is 0.0589 e. The molecule has 0 aliphatic heterocycles. The maximum absolute atomic E-state index is 6.00. The van der Waals surface area contributed by atoms with Crippen molar-refractivity contribution in [2.45, 2.75) is 39.2 Å². The van der Waals surface area contributed by atoms with Gasteiger partial charge in [0.2, 0.25) is 0 Å². The van der Waals surface area contributed by atoms with Crippen molar-refractivity contribution in [3.8, 4) is 0 Å². The predicted molar refractivity (Wildman–Crippen MR) is 68.5 cm³/mol. The van der Waals surface area contributed by atoms with Gasteiger partial charge in [-0.1, -0.05) is 20.8 Å². The van der Waals surface area contributed by atoms with Crippen molar-refractivity contribution in [2.24, 2.45) is 17.6 Å². The summed E-state index contributed by atoms with van der Waals surface area (Å²) in [6.07, 6.45) is 2.53. The number of hydrogen-bond donors (Lipinski definition) is 1. The summed E-state index contributed by atoms with van der Waals surface area (Å²) in [6, 6.07) is 0. The van der Waals surface area contributed by atoms with Gasteiger partial charge >= 0.3 is 0 Å². The van der Waals surface area contributed by atoms with Crippen LogP contribution >= 0.6 is 0 Å². The van der Waals surface area contributed by atoms with Crippen LogP contribution < -0.4 is 5.73 Å². The Balaban J connectivity index is 2.52. The largest absolute Gasteiger partial charge is 0.383 e. The van der Waals surface area contributed by atoms with Gasteiger partial charge in [-0.25, -0.2) is 0 Å². The number of nitrogens with two attached hydrogens (primary N) is 1. The molecule has 96 valence electrons. The SMILES string of the molecule is CCN(CCOC)C1(CN)CC(C(C)C)C1. The molecule has 3 heteroatoms. The van der Waals surface area contributed by atoms with E-state index in [0.29, 0.717) is 0 Å². The molecule has 0 radical (unpaired) electrons. The first-order valence-electron chi connectivity index (χ1n) is 6.53. The van der Waals surface area contributed by atoms with E-state index in [1.807, 2.05) is 0 Å². The van der Waals surface area contributed by atoms with Crippen LogP contribution in [0.15, 0.2) is 0 Å². The Kier molecular flexibility index (Phi) is 5.22. The standard InChI is InChI=1S/C13H28N2O/c1-5-15(6-7-16-4)13(10-14)8-12(9-13)11(2)3/h11-12H,5-10,14H2,1-4H3. The van der Waals surface area contributed by atoms with E-state index < -0.39 is 0 Å². The molecule has 16 heavy (non-hydrogen) atoms. The molecule has 1 saturated carbocycles. The summed E-state index contributed by atoms with van der Waals surface area (Å²) in [7, 11) is 1.76. The Morgan fingerprint density at radius 1 is 1.44 bits per heavy atom. The Morgan fingerprint density at radius 3 is 2.44 bits per heavy atom. The van der Waals surface area contributed by atoms with Crippen LogP contribution in [0.5, 0.6) is 0 Å². The van der Waals surface area contributed by atoms with Crippen LogP contribution in [-0.2, 0) is 4.74 Å². The van der Waals surface area contributed by atoms with Gasteiger partial charge in [0.1, 0.15) is 0 Å². The summed E-state index contributed by atoms with van der Waals surface area (Å²) in [5, 5.41) is 0. The summed E-state index contributed by atoms with van der Waals surface area (Å²) < 4.78 is 5.17. The second-order valence-corrected chi connectivity index (χ2v) is 5.41. The van der Waals surface area contributed by atoms with Gasteiger partial charge in [0.25, 0.3) is 0 Å². The van der Waals surface area contributed by atoms with Gasteiger partial charge in [0.05, 0.1) is 6.61 Å². The van der Waals surface area contributed by atoms with Gasteiger partial charge in [-0.2, -0.15) is 0 Å². The first-order valence-corrected chi connectivity index (χ1v) is 6.53.